The van der Waals surface area contributed by atoms with E-state index >= 15 is 0 Å². The smallest absolute Gasteiger partial charge is 0.139 e. The topological polar surface area (TPSA) is 57.7 Å². The molecule has 0 radical (unpaired) electrons. The summed E-state index contributed by atoms with van der Waals surface area (Å²) in [4.78, 5) is 0. The number of nitriles is 1. The summed E-state index contributed by atoms with van der Waals surface area (Å²) in [5.41, 5.74) is 5.92. The summed E-state index contributed by atoms with van der Waals surface area (Å²) in [5.74, 6) is 0. The summed E-state index contributed by atoms with van der Waals surface area (Å²) in [5, 5.41) is 19.6. The number of rotatable bonds is 5. The average molecular weight is 365 g/mol. The highest BCUT2D eigenvalue weighted by Crippen LogP contribution is 2.29. The van der Waals surface area contributed by atoms with Crippen molar-refractivity contribution in [1.82, 2.24) is 14.9 Å². The zero-order chi connectivity index (χ0) is 19.3. The van der Waals surface area contributed by atoms with Crippen LogP contribution in [0.15, 0.2) is 85.5 Å². The van der Waals surface area contributed by atoms with E-state index in [1.807, 2.05) is 53.2 Å². The zero-order valence-electron chi connectivity index (χ0n) is 15.5. The molecule has 4 rings (SSSR count). The molecule has 28 heavy (non-hydrogen) atoms. The average Bonchev–Trinajstić information content (AvgIpc) is 3.28. The lowest BCUT2D eigenvalue weighted by atomic mass is 9.99. The normalized spacial score (nSPS) is 10.4. The summed E-state index contributed by atoms with van der Waals surface area (Å²) in [6.45, 7) is 2.73. The molecule has 0 spiro atoms. The standard InChI is InChI=1S/C23H19N5/c1-18-7-9-19(10-8-18)15-28(27-16-25-26-17-27)22-12-11-21(14-24)23(13-22)20-5-3-2-4-6-20/h2-13,16-17H,15H2,1H3. The number of hydrogen-bond donors (Lipinski definition) is 0. The van der Waals surface area contributed by atoms with E-state index in [1.54, 1.807) is 12.7 Å². The van der Waals surface area contributed by atoms with Crippen LogP contribution >= 0.6 is 0 Å². The van der Waals surface area contributed by atoms with Gasteiger partial charge in [-0.05, 0) is 36.2 Å². The van der Waals surface area contributed by atoms with Crippen molar-refractivity contribution in [3.63, 3.8) is 0 Å². The van der Waals surface area contributed by atoms with Gasteiger partial charge >= 0.3 is 0 Å². The summed E-state index contributed by atoms with van der Waals surface area (Å²) < 4.78 is 1.86. The van der Waals surface area contributed by atoms with Crippen molar-refractivity contribution in [3.05, 3.63) is 102 Å². The van der Waals surface area contributed by atoms with Crippen molar-refractivity contribution in [1.29, 1.82) is 5.26 Å². The minimum atomic E-state index is 0.647. The van der Waals surface area contributed by atoms with Crippen molar-refractivity contribution in [2.75, 3.05) is 5.01 Å². The van der Waals surface area contributed by atoms with Gasteiger partial charge in [0, 0.05) is 5.56 Å². The Morgan fingerprint density at radius 2 is 1.64 bits per heavy atom. The number of hydrogen-bond acceptors (Lipinski definition) is 4. The predicted octanol–water partition coefficient (Wildman–Crippen LogP) is 4.60. The first-order valence-electron chi connectivity index (χ1n) is 9.02. The lowest BCUT2D eigenvalue weighted by molar-refractivity contribution is 0.686. The number of nitrogens with zero attached hydrogens (tertiary/aromatic N) is 5. The molecule has 136 valence electrons. The second kappa shape index (κ2) is 7.77. The molecule has 0 aliphatic carbocycles. The maximum Gasteiger partial charge on any atom is 0.139 e. The van der Waals surface area contributed by atoms with Crippen molar-refractivity contribution in [2.45, 2.75) is 13.5 Å². The Bertz CT molecular complexity index is 1090. The monoisotopic (exact) mass is 365 g/mol. The van der Waals surface area contributed by atoms with Gasteiger partial charge in [-0.1, -0.05) is 60.2 Å². The van der Waals surface area contributed by atoms with E-state index in [0.717, 1.165) is 16.8 Å². The van der Waals surface area contributed by atoms with E-state index in [0.29, 0.717) is 12.1 Å². The lowest BCUT2D eigenvalue weighted by Crippen LogP contribution is -2.27. The molecule has 3 aromatic carbocycles. The van der Waals surface area contributed by atoms with Crippen LogP contribution in [0.2, 0.25) is 0 Å². The minimum Gasteiger partial charge on any atom is -0.274 e. The number of anilines is 1. The van der Waals surface area contributed by atoms with Gasteiger partial charge in [-0.3, -0.25) is 5.01 Å². The van der Waals surface area contributed by atoms with E-state index in [2.05, 4.69) is 52.5 Å². The molecule has 4 aromatic rings. The fourth-order valence-electron chi connectivity index (χ4n) is 3.14. The predicted molar refractivity (Wildman–Crippen MR) is 109 cm³/mol. The van der Waals surface area contributed by atoms with Crippen molar-refractivity contribution in [3.8, 4) is 17.2 Å². The Hall–Kier alpha value is -3.91. The van der Waals surface area contributed by atoms with E-state index in [-0.39, 0.29) is 0 Å². The molecular formula is C23H19N5. The Kier molecular flexibility index (Phi) is 4.85. The van der Waals surface area contributed by atoms with Crippen LogP contribution in [0.4, 0.5) is 5.69 Å². The van der Waals surface area contributed by atoms with Crippen LogP contribution < -0.4 is 5.01 Å². The third kappa shape index (κ3) is 3.62. The molecule has 5 heteroatoms. The van der Waals surface area contributed by atoms with Gasteiger partial charge in [-0.15, -0.1) is 10.2 Å². The largest absolute Gasteiger partial charge is 0.274 e. The molecule has 0 fully saturated rings. The van der Waals surface area contributed by atoms with Crippen LogP contribution in [0.3, 0.4) is 0 Å². The SMILES string of the molecule is Cc1ccc(CN(c2ccc(C#N)c(-c3ccccc3)c2)n2cnnc2)cc1. The number of aromatic nitrogens is 3. The van der Waals surface area contributed by atoms with Gasteiger partial charge < -0.3 is 0 Å². The number of benzene rings is 3. The zero-order valence-corrected chi connectivity index (χ0v) is 15.5. The molecule has 0 N–H and O–H groups in total. The van der Waals surface area contributed by atoms with Gasteiger partial charge in [0.05, 0.1) is 23.9 Å². The van der Waals surface area contributed by atoms with Gasteiger partial charge in [0.15, 0.2) is 0 Å². The summed E-state index contributed by atoms with van der Waals surface area (Å²) in [6, 6.07) is 26.6. The fourth-order valence-corrected chi connectivity index (χ4v) is 3.14. The van der Waals surface area contributed by atoms with Crippen LogP contribution in [0.5, 0.6) is 0 Å². The van der Waals surface area contributed by atoms with Gasteiger partial charge in [0.1, 0.15) is 12.7 Å². The molecule has 0 unspecified atom stereocenters. The van der Waals surface area contributed by atoms with Gasteiger partial charge in [-0.25, -0.2) is 4.68 Å². The van der Waals surface area contributed by atoms with E-state index < -0.39 is 0 Å². The van der Waals surface area contributed by atoms with Crippen LogP contribution in [0.1, 0.15) is 16.7 Å². The molecule has 0 bridgehead atoms. The van der Waals surface area contributed by atoms with Crippen molar-refractivity contribution >= 4 is 5.69 Å². The quantitative estimate of drug-likeness (QED) is 0.519. The number of aryl methyl sites for hydroxylation is 1. The summed E-state index contributed by atoms with van der Waals surface area (Å²) >= 11 is 0. The maximum atomic E-state index is 9.57. The molecule has 1 aromatic heterocycles. The van der Waals surface area contributed by atoms with Crippen LogP contribution in [0.25, 0.3) is 11.1 Å². The van der Waals surface area contributed by atoms with E-state index in [4.69, 9.17) is 0 Å². The first-order valence-corrected chi connectivity index (χ1v) is 9.02. The Labute approximate surface area is 164 Å². The second-order valence-electron chi connectivity index (χ2n) is 6.59. The van der Waals surface area contributed by atoms with Crippen molar-refractivity contribution < 1.29 is 0 Å². The molecule has 0 saturated heterocycles. The van der Waals surface area contributed by atoms with E-state index in [9.17, 15) is 5.26 Å². The first-order chi connectivity index (χ1) is 13.7. The molecule has 1 heterocycles. The Morgan fingerprint density at radius 1 is 0.929 bits per heavy atom. The van der Waals surface area contributed by atoms with Gasteiger partial charge in [-0.2, -0.15) is 5.26 Å². The third-order valence-corrected chi connectivity index (χ3v) is 4.64. The van der Waals surface area contributed by atoms with Crippen molar-refractivity contribution in [2.24, 2.45) is 0 Å². The Morgan fingerprint density at radius 3 is 2.32 bits per heavy atom. The van der Waals surface area contributed by atoms with Crippen LogP contribution in [-0.2, 0) is 6.54 Å². The molecule has 0 atom stereocenters. The van der Waals surface area contributed by atoms with Gasteiger partial charge in [0.2, 0.25) is 0 Å². The highest BCUT2D eigenvalue weighted by Gasteiger charge is 2.14. The van der Waals surface area contributed by atoms with Gasteiger partial charge in [0.25, 0.3) is 0 Å². The first kappa shape index (κ1) is 17.5. The molecule has 5 nitrogen and oxygen atoms in total. The molecule has 0 saturated carbocycles. The lowest BCUT2D eigenvalue weighted by Gasteiger charge is -2.26. The molecule has 0 aliphatic rings. The van der Waals surface area contributed by atoms with E-state index in [1.165, 1.54) is 11.1 Å². The molecule has 0 aliphatic heterocycles. The Balaban J connectivity index is 1.78. The van der Waals surface area contributed by atoms with Crippen LogP contribution in [-0.4, -0.2) is 14.9 Å². The molecule has 0 amide bonds. The highest BCUT2D eigenvalue weighted by molar-refractivity contribution is 5.74. The second-order valence-corrected chi connectivity index (χ2v) is 6.59. The minimum absolute atomic E-state index is 0.647. The molecular weight excluding hydrogens is 346 g/mol. The fraction of sp³-hybridized carbons (Fsp3) is 0.0870. The summed E-state index contributed by atoms with van der Waals surface area (Å²) in [7, 11) is 0. The third-order valence-electron chi connectivity index (χ3n) is 4.64. The maximum absolute atomic E-state index is 9.57. The highest BCUT2D eigenvalue weighted by atomic mass is 15.6. The summed E-state index contributed by atoms with van der Waals surface area (Å²) in [6.07, 6.45) is 3.35. The van der Waals surface area contributed by atoms with Crippen LogP contribution in [0, 0.1) is 18.3 Å².